The minimum Gasteiger partial charge on any atom is -0.491 e. The Morgan fingerprint density at radius 2 is 1.71 bits per heavy atom. The van der Waals surface area contributed by atoms with Crippen LogP contribution in [0.25, 0.3) is 10.9 Å². The molecule has 4 heterocycles. The molecule has 17 nitrogen and oxygen atoms in total. The lowest BCUT2D eigenvalue weighted by atomic mass is 9.96. The summed E-state index contributed by atoms with van der Waals surface area (Å²) in [5.74, 6) is -2.47. The molecule has 1 aromatic carbocycles. The predicted octanol–water partition coefficient (Wildman–Crippen LogP) is 4.13. The van der Waals surface area contributed by atoms with Crippen LogP contribution in [0.5, 0.6) is 11.6 Å². The monoisotopic (exact) mass is 914 g/mol. The van der Waals surface area contributed by atoms with Gasteiger partial charge in [-0.2, -0.15) is 0 Å². The van der Waals surface area contributed by atoms with E-state index in [1.54, 1.807) is 0 Å². The molecule has 3 aliphatic heterocycles. The first-order valence-electron chi connectivity index (χ1n) is 23.3. The molecule has 348 valence electrons. The molecule has 0 unspecified atom stereocenters. The van der Waals surface area contributed by atoms with Crippen molar-refractivity contribution in [3.8, 4) is 11.6 Å². The summed E-state index contributed by atoms with van der Waals surface area (Å²) in [4.78, 5) is 89.8. The third-order valence-corrected chi connectivity index (χ3v) is 16.3. The van der Waals surface area contributed by atoms with E-state index >= 15 is 4.79 Å². The number of alkyl carbamates (subject to hydrolysis) is 1. The second-order valence-corrected chi connectivity index (χ2v) is 20.7. The van der Waals surface area contributed by atoms with E-state index in [1.807, 2.05) is 30.3 Å². The van der Waals surface area contributed by atoms with Gasteiger partial charge in [-0.3, -0.25) is 33.6 Å². The molecule has 4 aliphatic carbocycles. The van der Waals surface area contributed by atoms with Gasteiger partial charge in [0.05, 0.1) is 29.4 Å². The highest BCUT2D eigenvalue weighted by Gasteiger charge is 2.62. The molecule has 6 amide bonds. The SMILES string of the molecule is C=C[C@@H]1C[C@]1(NC(=O)[C@@H]1C[C@@H]2CN1C(=O)[C@H](C1CCCC1)NC(=O)O[C@@H]1CCC[C@H]1CCC=CCc1c(nc3ccccc3c1OCCN1C(=O)CCC1=O)O2)C(=O)NS(=O)(=O)C1CC1. The summed E-state index contributed by atoms with van der Waals surface area (Å²) in [6.07, 6.45) is 12.5. The van der Waals surface area contributed by atoms with Gasteiger partial charge in [-0.1, -0.05) is 43.2 Å². The molecule has 2 saturated heterocycles. The number of hydrogen-bond acceptors (Lipinski definition) is 12. The fourth-order valence-electron chi connectivity index (χ4n) is 10.6. The Hall–Kier alpha value is -5.52. The van der Waals surface area contributed by atoms with Gasteiger partial charge in [0.2, 0.25) is 39.5 Å². The smallest absolute Gasteiger partial charge is 0.408 e. The van der Waals surface area contributed by atoms with Crippen LogP contribution in [0.3, 0.4) is 0 Å². The minimum absolute atomic E-state index is 0.0237. The van der Waals surface area contributed by atoms with E-state index in [-0.39, 0.29) is 81.0 Å². The van der Waals surface area contributed by atoms with Crippen LogP contribution < -0.4 is 24.8 Å². The quantitative estimate of drug-likeness (QED) is 0.214. The van der Waals surface area contributed by atoms with Gasteiger partial charge >= 0.3 is 6.09 Å². The van der Waals surface area contributed by atoms with Crippen molar-refractivity contribution in [2.45, 2.75) is 138 Å². The molecule has 2 aromatic rings. The molecule has 3 N–H and O–H groups in total. The van der Waals surface area contributed by atoms with Gasteiger partial charge in [0.15, 0.2) is 0 Å². The molecule has 65 heavy (non-hydrogen) atoms. The zero-order chi connectivity index (χ0) is 45.5. The van der Waals surface area contributed by atoms with Crippen molar-refractivity contribution in [1.82, 2.24) is 30.1 Å². The summed E-state index contributed by atoms with van der Waals surface area (Å²) >= 11 is 0. The Kier molecular flexibility index (Phi) is 12.6. The highest BCUT2D eigenvalue weighted by atomic mass is 32.2. The van der Waals surface area contributed by atoms with E-state index in [0.29, 0.717) is 60.7 Å². The molecule has 4 saturated carbocycles. The number of pyridine rings is 1. The number of ether oxygens (including phenoxy) is 3. The van der Waals surface area contributed by atoms with Crippen molar-refractivity contribution >= 4 is 56.6 Å². The number of fused-ring (bicyclic) bond motifs is 5. The van der Waals surface area contributed by atoms with E-state index < -0.39 is 68.7 Å². The van der Waals surface area contributed by atoms with Crippen LogP contribution in [-0.4, -0.2) is 114 Å². The van der Waals surface area contributed by atoms with Crippen LogP contribution in [0.4, 0.5) is 4.79 Å². The number of carbonyl (C=O) groups excluding carboxylic acids is 6. The summed E-state index contributed by atoms with van der Waals surface area (Å²) in [6, 6.07) is 5.19. The van der Waals surface area contributed by atoms with Crippen molar-refractivity contribution in [3.63, 3.8) is 0 Å². The van der Waals surface area contributed by atoms with Crippen LogP contribution in [0.2, 0.25) is 0 Å². The summed E-state index contributed by atoms with van der Waals surface area (Å²) in [5, 5.41) is 5.81. The maximum absolute atomic E-state index is 15.1. The maximum Gasteiger partial charge on any atom is 0.408 e. The lowest BCUT2D eigenvalue weighted by Gasteiger charge is -2.32. The van der Waals surface area contributed by atoms with Gasteiger partial charge in [-0.05, 0) is 94.6 Å². The summed E-state index contributed by atoms with van der Waals surface area (Å²) in [6.45, 7) is 3.83. The van der Waals surface area contributed by atoms with E-state index in [1.165, 1.54) is 15.9 Å². The molecule has 0 radical (unpaired) electrons. The van der Waals surface area contributed by atoms with Gasteiger partial charge in [-0.15, -0.1) is 6.58 Å². The lowest BCUT2D eigenvalue weighted by Crippen LogP contribution is -2.59. The molecule has 0 spiro atoms. The van der Waals surface area contributed by atoms with Crippen LogP contribution >= 0.6 is 0 Å². The number of sulfonamides is 1. The average Bonchev–Trinajstić information content (AvgIpc) is 4.00. The Bertz CT molecular complexity index is 2380. The number of rotatable bonds is 11. The largest absolute Gasteiger partial charge is 0.491 e. The number of aromatic nitrogens is 1. The normalized spacial score (nSPS) is 29.8. The number of imide groups is 1. The molecular formula is C47H58N6O11S. The molecule has 18 heteroatoms. The molecule has 1 aromatic heterocycles. The molecule has 9 rings (SSSR count). The molecule has 2 bridgehead atoms. The van der Waals surface area contributed by atoms with Crippen molar-refractivity contribution in [3.05, 3.63) is 54.6 Å². The van der Waals surface area contributed by atoms with Crippen molar-refractivity contribution in [1.29, 1.82) is 0 Å². The van der Waals surface area contributed by atoms with Crippen LogP contribution in [0, 0.1) is 17.8 Å². The first kappa shape index (κ1) is 44.7. The summed E-state index contributed by atoms with van der Waals surface area (Å²) in [5.41, 5.74) is -0.444. The summed E-state index contributed by atoms with van der Waals surface area (Å²) < 4.78 is 47.3. The Morgan fingerprint density at radius 1 is 0.954 bits per heavy atom. The van der Waals surface area contributed by atoms with Crippen LogP contribution in [0.15, 0.2) is 49.1 Å². The number of nitrogens with one attached hydrogen (secondary N) is 3. The standard InChI is InChI=1S/C47H58N6O11S/c1-2-30-26-47(30,45(58)51-65(60,61)32-19-20-32)50-42(56)36-25-31-27-53(36)44(57)40(29-12-6-7-13-29)49-46(59)64-37-18-10-14-28(37)11-4-3-5-16-34-41(62-24-23-52-38(54)21-22-39(52)55)33-15-8-9-17-35(33)48-43(34)63-31/h2-3,5,8-9,15,17,28-32,36-37,40H,1,4,6-7,10-14,16,18-27H2,(H,49,59)(H,50,56)(H,51,58)/t28-,30-,31-,36+,37-,40+,47-/m1/s1. The molecule has 6 fully saturated rings. The van der Waals surface area contributed by atoms with Gasteiger partial charge < -0.3 is 29.7 Å². The number of carbonyl (C=O) groups is 6. The summed E-state index contributed by atoms with van der Waals surface area (Å²) in [7, 11) is -3.95. The zero-order valence-electron chi connectivity index (χ0n) is 36.5. The van der Waals surface area contributed by atoms with Crippen LogP contribution in [0.1, 0.15) is 102 Å². The third-order valence-electron chi connectivity index (χ3n) is 14.4. The Balaban J connectivity index is 1.07. The average molecular weight is 915 g/mol. The van der Waals surface area contributed by atoms with Gasteiger partial charge in [0.25, 0.3) is 5.91 Å². The lowest BCUT2D eigenvalue weighted by molar-refractivity contribution is -0.142. The second-order valence-electron chi connectivity index (χ2n) is 18.7. The van der Waals surface area contributed by atoms with Crippen molar-refractivity contribution in [2.75, 3.05) is 19.7 Å². The van der Waals surface area contributed by atoms with E-state index in [0.717, 1.165) is 38.5 Å². The van der Waals surface area contributed by atoms with Gasteiger partial charge in [-0.25, -0.2) is 18.2 Å². The number of benzene rings is 1. The first-order valence-corrected chi connectivity index (χ1v) is 24.9. The predicted molar refractivity (Wildman–Crippen MR) is 236 cm³/mol. The Morgan fingerprint density at radius 3 is 2.45 bits per heavy atom. The number of amides is 6. The molecular weight excluding hydrogens is 857 g/mol. The number of para-hydroxylation sites is 1. The molecule has 7 atom stereocenters. The number of hydrogen-bond donors (Lipinski definition) is 3. The fraction of sp³-hybridized carbons (Fsp3) is 0.596. The number of nitrogens with zero attached hydrogens (tertiary/aromatic N) is 3. The second kappa shape index (κ2) is 18.4. The number of allylic oxidation sites excluding steroid dienone is 2. The van der Waals surface area contributed by atoms with Crippen molar-refractivity contribution in [2.24, 2.45) is 17.8 Å². The minimum atomic E-state index is -3.95. The van der Waals surface area contributed by atoms with E-state index in [4.69, 9.17) is 19.2 Å². The van der Waals surface area contributed by atoms with Crippen molar-refractivity contribution < 1.29 is 51.4 Å². The highest BCUT2D eigenvalue weighted by molar-refractivity contribution is 7.91. The maximum atomic E-state index is 15.1. The van der Waals surface area contributed by atoms with Gasteiger partial charge in [0, 0.05) is 30.6 Å². The zero-order valence-corrected chi connectivity index (χ0v) is 37.4. The van der Waals surface area contributed by atoms with E-state index in [9.17, 15) is 32.4 Å². The number of likely N-dealkylation sites (tertiary alicyclic amines) is 1. The van der Waals surface area contributed by atoms with E-state index in [2.05, 4.69) is 28.0 Å². The third kappa shape index (κ3) is 9.32. The topological polar surface area (TPSA) is 220 Å². The fourth-order valence-corrected chi connectivity index (χ4v) is 11.9. The first-order chi connectivity index (χ1) is 31.3. The van der Waals surface area contributed by atoms with Crippen LogP contribution in [-0.2, 0) is 45.2 Å². The van der Waals surface area contributed by atoms with Gasteiger partial charge in [0.1, 0.15) is 42.2 Å². The Labute approximate surface area is 378 Å². The highest BCUT2D eigenvalue weighted by Crippen LogP contribution is 2.46. The molecule has 7 aliphatic rings.